The minimum atomic E-state index is 0.824. The van der Waals surface area contributed by atoms with Crippen LogP contribution in [-0.4, -0.2) is 51.5 Å². The Hall–Kier alpha value is -0.120. The molecular formula is C16H35NO2. The summed E-state index contributed by atoms with van der Waals surface area (Å²) in [5, 5.41) is 0. The van der Waals surface area contributed by atoms with E-state index in [1.165, 1.54) is 25.8 Å². The van der Waals surface area contributed by atoms with Gasteiger partial charge in [-0.1, -0.05) is 34.1 Å². The molecule has 0 saturated carbocycles. The highest BCUT2D eigenvalue weighted by atomic mass is 16.5. The zero-order valence-corrected chi connectivity index (χ0v) is 13.8. The van der Waals surface area contributed by atoms with Crippen LogP contribution >= 0.6 is 0 Å². The first-order valence-corrected chi connectivity index (χ1v) is 7.89. The molecular weight excluding hydrogens is 238 g/mol. The summed E-state index contributed by atoms with van der Waals surface area (Å²) < 4.78 is 10.2. The van der Waals surface area contributed by atoms with Crippen LogP contribution in [0.5, 0.6) is 0 Å². The molecule has 0 N–H and O–H groups in total. The maximum absolute atomic E-state index is 5.27. The van der Waals surface area contributed by atoms with E-state index in [0.717, 1.165) is 44.7 Å². The van der Waals surface area contributed by atoms with Crippen LogP contribution in [-0.2, 0) is 9.47 Å². The summed E-state index contributed by atoms with van der Waals surface area (Å²) in [5.74, 6) is 1.67. The van der Waals surface area contributed by atoms with Crippen molar-refractivity contribution in [3.8, 4) is 0 Å². The van der Waals surface area contributed by atoms with E-state index < -0.39 is 0 Å². The summed E-state index contributed by atoms with van der Waals surface area (Å²) in [6.07, 6.45) is 3.78. The third-order valence-corrected chi connectivity index (χ3v) is 3.50. The van der Waals surface area contributed by atoms with Gasteiger partial charge in [0, 0.05) is 33.4 Å². The van der Waals surface area contributed by atoms with Crippen molar-refractivity contribution in [2.24, 2.45) is 11.8 Å². The lowest BCUT2D eigenvalue weighted by atomic mass is 10.1. The summed E-state index contributed by atoms with van der Waals surface area (Å²) in [6.45, 7) is 15.3. The first-order valence-electron chi connectivity index (χ1n) is 7.89. The fraction of sp³-hybridized carbons (Fsp3) is 1.00. The van der Waals surface area contributed by atoms with E-state index >= 15 is 0 Å². The van der Waals surface area contributed by atoms with E-state index in [-0.39, 0.29) is 0 Å². The number of morpholine rings is 1. The van der Waals surface area contributed by atoms with Crippen LogP contribution < -0.4 is 0 Å². The fourth-order valence-electron chi connectivity index (χ4n) is 1.99. The Morgan fingerprint density at radius 1 is 1.16 bits per heavy atom. The molecule has 3 nitrogen and oxygen atoms in total. The standard InChI is InChI=1S/C9H19NO.C7H16O/c1-3-9(2)8-10-4-6-11-7-5-10;1-7(2)5-4-6-8-3/h9H,3-8H2,1-2H3;7H,4-6H2,1-3H3. The van der Waals surface area contributed by atoms with Gasteiger partial charge in [0.25, 0.3) is 0 Å². The normalized spacial score (nSPS) is 18.0. The van der Waals surface area contributed by atoms with Gasteiger partial charge in [-0.25, -0.2) is 0 Å². The van der Waals surface area contributed by atoms with E-state index in [0.29, 0.717) is 0 Å². The topological polar surface area (TPSA) is 21.7 Å². The van der Waals surface area contributed by atoms with Crippen LogP contribution in [0.4, 0.5) is 0 Å². The first kappa shape index (κ1) is 18.9. The van der Waals surface area contributed by atoms with Crippen LogP contribution in [0.25, 0.3) is 0 Å². The van der Waals surface area contributed by atoms with Crippen molar-refractivity contribution in [1.29, 1.82) is 0 Å². The maximum atomic E-state index is 5.27. The molecule has 1 aliphatic heterocycles. The lowest BCUT2D eigenvalue weighted by Gasteiger charge is -2.28. The molecule has 0 amide bonds. The van der Waals surface area contributed by atoms with Crippen molar-refractivity contribution in [3.05, 3.63) is 0 Å². The maximum Gasteiger partial charge on any atom is 0.0594 e. The molecule has 0 spiro atoms. The van der Waals surface area contributed by atoms with Crippen molar-refractivity contribution in [3.63, 3.8) is 0 Å². The average molecular weight is 273 g/mol. The van der Waals surface area contributed by atoms with Crippen LogP contribution in [0, 0.1) is 11.8 Å². The number of hydrogen-bond acceptors (Lipinski definition) is 3. The monoisotopic (exact) mass is 273 g/mol. The van der Waals surface area contributed by atoms with Crippen LogP contribution in [0.3, 0.4) is 0 Å². The smallest absolute Gasteiger partial charge is 0.0594 e. The SMILES string of the molecule is CCC(C)CN1CCOCC1.COCCCC(C)C. The van der Waals surface area contributed by atoms with Gasteiger partial charge in [0.2, 0.25) is 0 Å². The molecule has 0 aliphatic carbocycles. The fourth-order valence-corrected chi connectivity index (χ4v) is 1.99. The van der Waals surface area contributed by atoms with Gasteiger partial charge >= 0.3 is 0 Å². The Bertz CT molecular complexity index is 180. The van der Waals surface area contributed by atoms with Gasteiger partial charge in [-0.05, 0) is 24.7 Å². The number of rotatable bonds is 7. The molecule has 116 valence electrons. The van der Waals surface area contributed by atoms with Crippen molar-refractivity contribution in [1.82, 2.24) is 4.90 Å². The summed E-state index contributed by atoms with van der Waals surface area (Å²) in [4.78, 5) is 2.50. The second kappa shape index (κ2) is 12.9. The summed E-state index contributed by atoms with van der Waals surface area (Å²) in [7, 11) is 1.75. The van der Waals surface area contributed by atoms with Gasteiger partial charge in [0.05, 0.1) is 13.2 Å². The van der Waals surface area contributed by atoms with Crippen molar-refractivity contribution >= 4 is 0 Å². The molecule has 1 heterocycles. The van der Waals surface area contributed by atoms with Crippen LogP contribution in [0.15, 0.2) is 0 Å². The predicted octanol–water partition coefficient (Wildman–Crippen LogP) is 3.43. The van der Waals surface area contributed by atoms with Gasteiger partial charge in [-0.15, -0.1) is 0 Å². The van der Waals surface area contributed by atoms with Crippen LogP contribution in [0.1, 0.15) is 47.0 Å². The predicted molar refractivity (Wildman–Crippen MR) is 82.7 cm³/mol. The zero-order chi connectivity index (χ0) is 14.5. The Morgan fingerprint density at radius 3 is 2.26 bits per heavy atom. The van der Waals surface area contributed by atoms with Crippen molar-refractivity contribution < 1.29 is 9.47 Å². The molecule has 0 bridgehead atoms. The highest BCUT2D eigenvalue weighted by Crippen LogP contribution is 2.05. The number of methoxy groups -OCH3 is 1. The molecule has 0 radical (unpaired) electrons. The number of ether oxygens (including phenoxy) is 2. The molecule has 19 heavy (non-hydrogen) atoms. The summed E-state index contributed by atoms with van der Waals surface area (Å²) >= 11 is 0. The van der Waals surface area contributed by atoms with Gasteiger partial charge < -0.3 is 9.47 Å². The Kier molecular flexibility index (Phi) is 12.8. The molecule has 1 fully saturated rings. The number of nitrogens with zero attached hydrogens (tertiary/aromatic N) is 1. The molecule has 1 aliphatic rings. The molecule has 3 heteroatoms. The van der Waals surface area contributed by atoms with Gasteiger partial charge in [0.15, 0.2) is 0 Å². The average Bonchev–Trinajstić information content (AvgIpc) is 2.40. The van der Waals surface area contributed by atoms with Gasteiger partial charge in [-0.2, -0.15) is 0 Å². The van der Waals surface area contributed by atoms with E-state index in [1.54, 1.807) is 7.11 Å². The van der Waals surface area contributed by atoms with E-state index in [9.17, 15) is 0 Å². The second-order valence-corrected chi connectivity index (χ2v) is 5.96. The summed E-state index contributed by atoms with van der Waals surface area (Å²) in [6, 6.07) is 0. The number of hydrogen-bond donors (Lipinski definition) is 0. The lowest BCUT2D eigenvalue weighted by molar-refractivity contribution is 0.0316. The molecule has 0 aromatic carbocycles. The molecule has 1 atom stereocenters. The second-order valence-electron chi connectivity index (χ2n) is 5.96. The molecule has 0 aromatic rings. The van der Waals surface area contributed by atoms with E-state index in [2.05, 4.69) is 32.6 Å². The van der Waals surface area contributed by atoms with E-state index in [4.69, 9.17) is 9.47 Å². The van der Waals surface area contributed by atoms with Crippen molar-refractivity contribution in [2.75, 3.05) is 46.6 Å². The molecule has 0 aromatic heterocycles. The minimum Gasteiger partial charge on any atom is -0.385 e. The van der Waals surface area contributed by atoms with Crippen molar-refractivity contribution in [2.45, 2.75) is 47.0 Å². The lowest BCUT2D eigenvalue weighted by Crippen LogP contribution is -2.38. The third kappa shape index (κ3) is 12.6. The third-order valence-electron chi connectivity index (χ3n) is 3.50. The minimum absolute atomic E-state index is 0.824. The highest BCUT2D eigenvalue weighted by Gasteiger charge is 2.11. The Morgan fingerprint density at radius 2 is 1.79 bits per heavy atom. The van der Waals surface area contributed by atoms with Gasteiger partial charge in [0.1, 0.15) is 0 Å². The van der Waals surface area contributed by atoms with Crippen LogP contribution in [0.2, 0.25) is 0 Å². The molecule has 1 rings (SSSR count). The van der Waals surface area contributed by atoms with E-state index in [1.807, 2.05) is 0 Å². The Labute approximate surface area is 120 Å². The molecule has 1 saturated heterocycles. The zero-order valence-electron chi connectivity index (χ0n) is 13.8. The Balaban J connectivity index is 0.000000362. The highest BCUT2D eigenvalue weighted by molar-refractivity contribution is 4.64. The van der Waals surface area contributed by atoms with Gasteiger partial charge in [-0.3, -0.25) is 4.90 Å². The quantitative estimate of drug-likeness (QED) is 0.663. The molecule has 1 unspecified atom stereocenters. The summed E-state index contributed by atoms with van der Waals surface area (Å²) in [5.41, 5.74) is 0. The largest absolute Gasteiger partial charge is 0.385 e. The first-order chi connectivity index (χ1) is 9.10.